The molecule has 0 aliphatic carbocycles. The minimum Gasteiger partial charge on any atom is -0.464 e. The van der Waals surface area contributed by atoms with Gasteiger partial charge in [0.25, 0.3) is 0 Å². The quantitative estimate of drug-likeness (QED) is 0.925. The number of hydrogen-bond donors (Lipinski definition) is 1. The van der Waals surface area contributed by atoms with E-state index in [1.54, 1.807) is 24.3 Å². The summed E-state index contributed by atoms with van der Waals surface area (Å²) >= 11 is 3.28. The maximum atomic E-state index is 11.4. The van der Waals surface area contributed by atoms with Crippen LogP contribution in [-0.4, -0.2) is 8.42 Å². The Balaban J connectivity index is 2.78. The highest BCUT2D eigenvalue weighted by molar-refractivity contribution is 9.10. The van der Waals surface area contributed by atoms with Crippen molar-refractivity contribution in [3.05, 3.63) is 41.1 Å². The normalized spacial score (nSPS) is 11.6. The first kappa shape index (κ1) is 11.4. The average Bonchev–Trinajstić information content (AvgIpc) is 2.68. The molecule has 2 aromatic rings. The lowest BCUT2D eigenvalue weighted by atomic mass is 10.2. The van der Waals surface area contributed by atoms with Gasteiger partial charge in [0, 0.05) is 4.47 Å². The molecule has 16 heavy (non-hydrogen) atoms. The molecule has 0 aliphatic rings. The van der Waals surface area contributed by atoms with E-state index in [2.05, 4.69) is 15.9 Å². The summed E-state index contributed by atoms with van der Waals surface area (Å²) in [5.74, 6) is 0.455. The van der Waals surface area contributed by atoms with Crippen molar-refractivity contribution in [1.29, 1.82) is 0 Å². The third kappa shape index (κ3) is 2.04. The molecule has 4 nitrogen and oxygen atoms in total. The second kappa shape index (κ2) is 4.04. The molecule has 1 heterocycles. The lowest BCUT2D eigenvalue weighted by Gasteiger charge is -2.07. The Labute approximate surface area is 101 Å². The molecule has 0 saturated carbocycles. The fourth-order valence-corrected chi connectivity index (χ4v) is 2.86. The van der Waals surface area contributed by atoms with E-state index in [0.717, 1.165) is 0 Å². The van der Waals surface area contributed by atoms with Crippen molar-refractivity contribution >= 4 is 26.0 Å². The summed E-state index contributed by atoms with van der Waals surface area (Å²) < 4.78 is 28.6. The number of furan rings is 1. The summed E-state index contributed by atoms with van der Waals surface area (Å²) in [6.07, 6.45) is 1.47. The number of benzene rings is 1. The topological polar surface area (TPSA) is 73.3 Å². The maximum Gasteiger partial charge on any atom is 0.238 e. The van der Waals surface area contributed by atoms with Gasteiger partial charge < -0.3 is 4.42 Å². The first-order valence-electron chi connectivity index (χ1n) is 4.35. The second-order valence-electron chi connectivity index (χ2n) is 3.14. The van der Waals surface area contributed by atoms with Gasteiger partial charge in [0.2, 0.25) is 10.0 Å². The van der Waals surface area contributed by atoms with Gasteiger partial charge in [-0.15, -0.1) is 0 Å². The van der Waals surface area contributed by atoms with Gasteiger partial charge in [0.15, 0.2) is 0 Å². The van der Waals surface area contributed by atoms with E-state index in [9.17, 15) is 8.42 Å². The molecule has 0 spiro atoms. The molecule has 0 bridgehead atoms. The number of halogens is 1. The smallest absolute Gasteiger partial charge is 0.238 e. The first-order chi connectivity index (χ1) is 7.50. The van der Waals surface area contributed by atoms with E-state index in [1.807, 2.05) is 0 Å². The van der Waals surface area contributed by atoms with Crippen molar-refractivity contribution in [3.8, 4) is 11.3 Å². The molecule has 0 radical (unpaired) electrons. The number of primary sulfonamides is 1. The largest absolute Gasteiger partial charge is 0.464 e. The number of rotatable bonds is 2. The molecule has 0 fully saturated rings. The van der Waals surface area contributed by atoms with Crippen LogP contribution < -0.4 is 5.14 Å². The van der Waals surface area contributed by atoms with E-state index in [0.29, 0.717) is 15.8 Å². The average molecular weight is 302 g/mol. The molecule has 2 rings (SSSR count). The van der Waals surface area contributed by atoms with Gasteiger partial charge in [-0.25, -0.2) is 13.6 Å². The Hall–Kier alpha value is -1.11. The van der Waals surface area contributed by atoms with Crippen LogP contribution in [0.15, 0.2) is 50.4 Å². The molecule has 1 aromatic carbocycles. The zero-order valence-corrected chi connectivity index (χ0v) is 10.5. The van der Waals surface area contributed by atoms with Crippen molar-refractivity contribution in [2.75, 3.05) is 0 Å². The zero-order chi connectivity index (χ0) is 11.8. The summed E-state index contributed by atoms with van der Waals surface area (Å²) in [5, 5.41) is 5.14. The molecular weight excluding hydrogens is 294 g/mol. The SMILES string of the molecule is NS(=O)(=O)c1cccc(Br)c1-c1ccco1. The Morgan fingerprint density at radius 3 is 2.50 bits per heavy atom. The summed E-state index contributed by atoms with van der Waals surface area (Å²) in [7, 11) is -3.77. The van der Waals surface area contributed by atoms with Gasteiger partial charge >= 0.3 is 0 Å². The second-order valence-corrected chi connectivity index (χ2v) is 5.52. The highest BCUT2D eigenvalue weighted by Gasteiger charge is 2.19. The maximum absolute atomic E-state index is 11.4. The first-order valence-corrected chi connectivity index (χ1v) is 6.69. The van der Waals surface area contributed by atoms with E-state index < -0.39 is 10.0 Å². The number of sulfonamides is 1. The monoisotopic (exact) mass is 301 g/mol. The lowest BCUT2D eigenvalue weighted by molar-refractivity contribution is 0.577. The van der Waals surface area contributed by atoms with Crippen LogP contribution in [0.1, 0.15) is 0 Å². The Morgan fingerprint density at radius 2 is 1.94 bits per heavy atom. The molecule has 2 N–H and O–H groups in total. The van der Waals surface area contributed by atoms with Crippen LogP contribution >= 0.6 is 15.9 Å². The number of hydrogen-bond acceptors (Lipinski definition) is 3. The highest BCUT2D eigenvalue weighted by Crippen LogP contribution is 2.33. The van der Waals surface area contributed by atoms with Crippen LogP contribution in [0.2, 0.25) is 0 Å². The highest BCUT2D eigenvalue weighted by atomic mass is 79.9. The van der Waals surface area contributed by atoms with Crippen LogP contribution in [0.25, 0.3) is 11.3 Å². The Kier molecular flexibility index (Phi) is 2.88. The van der Waals surface area contributed by atoms with Crippen LogP contribution in [0, 0.1) is 0 Å². The van der Waals surface area contributed by atoms with E-state index >= 15 is 0 Å². The molecule has 6 heteroatoms. The van der Waals surface area contributed by atoms with Gasteiger partial charge in [-0.2, -0.15) is 0 Å². The van der Waals surface area contributed by atoms with Crippen LogP contribution in [0.4, 0.5) is 0 Å². The summed E-state index contributed by atoms with van der Waals surface area (Å²) in [6.45, 7) is 0. The Morgan fingerprint density at radius 1 is 1.19 bits per heavy atom. The van der Waals surface area contributed by atoms with Crippen molar-refractivity contribution in [1.82, 2.24) is 0 Å². The minimum absolute atomic E-state index is 0.0387. The molecular formula is C10H8BrNO3S. The molecule has 0 atom stereocenters. The van der Waals surface area contributed by atoms with Crippen molar-refractivity contribution in [2.24, 2.45) is 5.14 Å². The minimum atomic E-state index is -3.77. The summed E-state index contributed by atoms with van der Waals surface area (Å²) in [5.41, 5.74) is 0.440. The van der Waals surface area contributed by atoms with Gasteiger partial charge in [-0.1, -0.05) is 6.07 Å². The molecule has 84 valence electrons. The van der Waals surface area contributed by atoms with Crippen LogP contribution in [0.5, 0.6) is 0 Å². The predicted octanol–water partition coefficient (Wildman–Crippen LogP) is 2.36. The van der Waals surface area contributed by atoms with E-state index in [4.69, 9.17) is 9.56 Å². The van der Waals surface area contributed by atoms with Crippen molar-refractivity contribution in [3.63, 3.8) is 0 Å². The molecule has 0 aliphatic heterocycles. The van der Waals surface area contributed by atoms with Gasteiger partial charge in [-0.05, 0) is 40.2 Å². The van der Waals surface area contributed by atoms with Crippen molar-refractivity contribution < 1.29 is 12.8 Å². The molecule has 0 unspecified atom stereocenters. The number of nitrogens with two attached hydrogens (primary N) is 1. The van der Waals surface area contributed by atoms with E-state index in [-0.39, 0.29) is 4.90 Å². The van der Waals surface area contributed by atoms with Gasteiger partial charge in [0.1, 0.15) is 5.76 Å². The van der Waals surface area contributed by atoms with E-state index in [1.165, 1.54) is 12.3 Å². The molecule has 0 amide bonds. The predicted molar refractivity (Wildman–Crippen MR) is 63.2 cm³/mol. The summed E-state index contributed by atoms with van der Waals surface area (Å²) in [4.78, 5) is 0.0387. The lowest BCUT2D eigenvalue weighted by Crippen LogP contribution is -2.13. The van der Waals surface area contributed by atoms with Crippen LogP contribution in [-0.2, 0) is 10.0 Å². The Bertz CT molecular complexity index is 605. The third-order valence-electron chi connectivity index (χ3n) is 2.05. The third-order valence-corrected chi connectivity index (χ3v) is 3.66. The van der Waals surface area contributed by atoms with Crippen molar-refractivity contribution in [2.45, 2.75) is 4.90 Å². The van der Waals surface area contributed by atoms with Gasteiger partial charge in [-0.3, -0.25) is 0 Å². The fraction of sp³-hybridized carbons (Fsp3) is 0. The fourth-order valence-electron chi connectivity index (χ4n) is 1.40. The molecule has 0 saturated heterocycles. The van der Waals surface area contributed by atoms with Gasteiger partial charge in [0.05, 0.1) is 16.7 Å². The van der Waals surface area contributed by atoms with Crippen LogP contribution in [0.3, 0.4) is 0 Å². The summed E-state index contributed by atoms with van der Waals surface area (Å²) in [6, 6.07) is 8.14. The standard InChI is InChI=1S/C10H8BrNO3S/c11-7-3-1-5-9(16(12,13)14)10(7)8-4-2-6-15-8/h1-6H,(H2,12,13,14). The zero-order valence-electron chi connectivity index (χ0n) is 8.05. The molecule has 1 aromatic heterocycles.